The summed E-state index contributed by atoms with van der Waals surface area (Å²) in [5, 5.41) is 21.1. The lowest BCUT2D eigenvalue weighted by Crippen LogP contribution is -2.07. The van der Waals surface area contributed by atoms with Crippen LogP contribution in [0.2, 0.25) is 0 Å². The average Bonchev–Trinajstić information content (AvgIpc) is 2.57. The SMILES string of the molecule is C=CCc1cccc(C)c1OCc1ccccc1C(C#N)=NO. The topological polar surface area (TPSA) is 65.6 Å². The van der Waals surface area contributed by atoms with E-state index in [0.29, 0.717) is 5.56 Å². The Morgan fingerprint density at radius 3 is 2.70 bits per heavy atom. The van der Waals surface area contributed by atoms with Crippen molar-refractivity contribution in [3.8, 4) is 11.8 Å². The first-order chi connectivity index (χ1) is 11.2. The van der Waals surface area contributed by atoms with Crippen LogP contribution in [0.15, 0.2) is 60.3 Å². The smallest absolute Gasteiger partial charge is 0.187 e. The summed E-state index contributed by atoms with van der Waals surface area (Å²) in [5.74, 6) is 0.821. The molecule has 0 aliphatic carbocycles. The zero-order valence-electron chi connectivity index (χ0n) is 13.0. The number of nitriles is 1. The summed E-state index contributed by atoms with van der Waals surface area (Å²) in [4.78, 5) is 0. The molecule has 4 heteroatoms. The fourth-order valence-electron chi connectivity index (χ4n) is 2.40. The number of ether oxygens (including phenoxy) is 1. The minimum atomic E-state index is -0.0275. The van der Waals surface area contributed by atoms with E-state index in [9.17, 15) is 0 Å². The van der Waals surface area contributed by atoms with Gasteiger partial charge in [-0.15, -0.1) is 6.58 Å². The van der Waals surface area contributed by atoms with E-state index in [-0.39, 0.29) is 12.3 Å². The summed E-state index contributed by atoms with van der Waals surface area (Å²) in [5.41, 5.74) is 3.43. The van der Waals surface area contributed by atoms with Gasteiger partial charge in [-0.05, 0) is 30.0 Å². The Labute approximate surface area is 136 Å². The Balaban J connectivity index is 2.30. The van der Waals surface area contributed by atoms with Gasteiger partial charge in [0.2, 0.25) is 0 Å². The van der Waals surface area contributed by atoms with Crippen LogP contribution in [-0.2, 0) is 13.0 Å². The third-order valence-corrected chi connectivity index (χ3v) is 3.51. The molecule has 0 atom stereocenters. The number of allylic oxidation sites excluding steroid dienone is 1. The first-order valence-corrected chi connectivity index (χ1v) is 7.23. The summed E-state index contributed by atoms with van der Waals surface area (Å²) < 4.78 is 5.99. The molecule has 1 N–H and O–H groups in total. The second-order valence-electron chi connectivity index (χ2n) is 5.06. The molecule has 0 aromatic heterocycles. The highest BCUT2D eigenvalue weighted by Crippen LogP contribution is 2.25. The third-order valence-electron chi connectivity index (χ3n) is 3.51. The molecule has 23 heavy (non-hydrogen) atoms. The molecule has 0 unspecified atom stereocenters. The largest absolute Gasteiger partial charge is 0.488 e. The molecule has 0 saturated heterocycles. The van der Waals surface area contributed by atoms with Crippen LogP contribution in [-0.4, -0.2) is 10.9 Å². The molecule has 2 aromatic rings. The molecular weight excluding hydrogens is 288 g/mol. The highest BCUT2D eigenvalue weighted by Gasteiger charge is 2.11. The molecule has 0 amide bonds. The van der Waals surface area contributed by atoms with Gasteiger partial charge in [0.1, 0.15) is 18.4 Å². The van der Waals surface area contributed by atoms with E-state index < -0.39 is 0 Å². The highest BCUT2D eigenvalue weighted by molar-refractivity contribution is 6.12. The summed E-state index contributed by atoms with van der Waals surface area (Å²) in [7, 11) is 0. The van der Waals surface area contributed by atoms with Crippen molar-refractivity contribution in [3.05, 3.63) is 77.4 Å². The second-order valence-corrected chi connectivity index (χ2v) is 5.06. The van der Waals surface area contributed by atoms with Gasteiger partial charge in [0.15, 0.2) is 5.71 Å². The van der Waals surface area contributed by atoms with Gasteiger partial charge >= 0.3 is 0 Å². The van der Waals surface area contributed by atoms with E-state index in [0.717, 1.165) is 28.9 Å². The van der Waals surface area contributed by atoms with Gasteiger partial charge in [-0.2, -0.15) is 5.26 Å². The number of hydrogen-bond acceptors (Lipinski definition) is 4. The molecular formula is C19H18N2O2. The van der Waals surface area contributed by atoms with E-state index in [1.54, 1.807) is 12.1 Å². The molecule has 0 radical (unpaired) electrons. The zero-order valence-corrected chi connectivity index (χ0v) is 13.0. The van der Waals surface area contributed by atoms with E-state index in [2.05, 4.69) is 11.7 Å². The predicted molar refractivity (Wildman–Crippen MR) is 89.8 cm³/mol. The van der Waals surface area contributed by atoms with E-state index in [1.165, 1.54) is 0 Å². The van der Waals surface area contributed by atoms with Crippen LogP contribution in [0.25, 0.3) is 0 Å². The zero-order chi connectivity index (χ0) is 16.7. The fraction of sp³-hybridized carbons (Fsp3) is 0.158. The third kappa shape index (κ3) is 3.78. The molecule has 2 aromatic carbocycles. The lowest BCUT2D eigenvalue weighted by molar-refractivity contribution is 0.300. The number of oxime groups is 1. The molecule has 116 valence electrons. The fourth-order valence-corrected chi connectivity index (χ4v) is 2.40. The van der Waals surface area contributed by atoms with Gasteiger partial charge in [-0.3, -0.25) is 0 Å². The predicted octanol–water partition coefficient (Wildman–Crippen LogP) is 4.00. The van der Waals surface area contributed by atoms with Crippen molar-refractivity contribution in [2.45, 2.75) is 20.0 Å². The van der Waals surface area contributed by atoms with E-state index >= 15 is 0 Å². The minimum Gasteiger partial charge on any atom is -0.488 e. The quantitative estimate of drug-likeness (QED) is 0.379. The van der Waals surface area contributed by atoms with Crippen LogP contribution in [0.1, 0.15) is 22.3 Å². The maximum absolute atomic E-state index is 9.05. The number of rotatable bonds is 6. The molecule has 0 saturated carbocycles. The van der Waals surface area contributed by atoms with Gasteiger partial charge in [0, 0.05) is 5.56 Å². The lowest BCUT2D eigenvalue weighted by Gasteiger charge is -2.14. The van der Waals surface area contributed by atoms with Crippen molar-refractivity contribution in [1.82, 2.24) is 0 Å². The van der Waals surface area contributed by atoms with E-state index in [4.69, 9.17) is 15.2 Å². The van der Waals surface area contributed by atoms with Gasteiger partial charge in [-0.1, -0.05) is 53.7 Å². The standard InChI is InChI=1S/C19H18N2O2/c1-3-7-15-10-6-8-14(2)19(15)23-13-16-9-4-5-11-17(16)18(12-20)21-22/h3-6,8-11,22H,1,7,13H2,2H3. The molecule has 2 rings (SSSR count). The van der Waals surface area contributed by atoms with Crippen LogP contribution >= 0.6 is 0 Å². The minimum absolute atomic E-state index is 0.0275. The van der Waals surface area contributed by atoms with Crippen LogP contribution in [0.4, 0.5) is 0 Å². The number of nitrogens with zero attached hydrogens (tertiary/aromatic N) is 2. The summed E-state index contributed by atoms with van der Waals surface area (Å²) in [6.45, 7) is 6.04. The Morgan fingerprint density at radius 1 is 1.26 bits per heavy atom. The first-order valence-electron chi connectivity index (χ1n) is 7.23. The molecule has 0 aliphatic rings. The number of hydrogen-bond donors (Lipinski definition) is 1. The molecule has 0 spiro atoms. The van der Waals surface area contributed by atoms with Crippen molar-refractivity contribution in [3.63, 3.8) is 0 Å². The van der Waals surface area contributed by atoms with Gasteiger partial charge in [-0.25, -0.2) is 0 Å². The van der Waals surface area contributed by atoms with Gasteiger partial charge < -0.3 is 9.94 Å². The summed E-state index contributed by atoms with van der Waals surface area (Å²) >= 11 is 0. The van der Waals surface area contributed by atoms with Crippen molar-refractivity contribution < 1.29 is 9.94 Å². The molecule has 0 heterocycles. The van der Waals surface area contributed by atoms with Crippen LogP contribution in [0.3, 0.4) is 0 Å². The van der Waals surface area contributed by atoms with Crippen molar-refractivity contribution in [2.75, 3.05) is 0 Å². The maximum Gasteiger partial charge on any atom is 0.187 e. The van der Waals surface area contributed by atoms with Crippen LogP contribution in [0.5, 0.6) is 5.75 Å². The molecule has 0 bridgehead atoms. The van der Waals surface area contributed by atoms with Crippen LogP contribution < -0.4 is 4.74 Å². The average molecular weight is 306 g/mol. The summed E-state index contributed by atoms with van der Waals surface area (Å²) in [6, 6.07) is 15.1. The van der Waals surface area contributed by atoms with Crippen LogP contribution in [0, 0.1) is 18.3 Å². The van der Waals surface area contributed by atoms with Crippen molar-refractivity contribution in [2.24, 2.45) is 5.16 Å². The molecule has 4 nitrogen and oxygen atoms in total. The maximum atomic E-state index is 9.05. The van der Waals surface area contributed by atoms with Crippen molar-refractivity contribution in [1.29, 1.82) is 5.26 Å². The number of aryl methyl sites for hydroxylation is 1. The lowest BCUT2D eigenvalue weighted by atomic mass is 10.0. The molecule has 0 aliphatic heterocycles. The number of para-hydroxylation sites is 1. The summed E-state index contributed by atoms with van der Waals surface area (Å²) in [6.07, 6.45) is 2.56. The van der Waals surface area contributed by atoms with Gasteiger partial charge in [0.05, 0.1) is 0 Å². The Hall–Kier alpha value is -3.06. The second kappa shape index (κ2) is 7.81. The van der Waals surface area contributed by atoms with E-state index in [1.807, 2.05) is 49.4 Å². The first kappa shape index (κ1) is 16.3. The molecule has 0 fully saturated rings. The Kier molecular flexibility index (Phi) is 5.54. The monoisotopic (exact) mass is 306 g/mol. The Bertz CT molecular complexity index is 773. The highest BCUT2D eigenvalue weighted by atomic mass is 16.5. The Morgan fingerprint density at radius 2 is 2.00 bits per heavy atom. The number of benzene rings is 2. The van der Waals surface area contributed by atoms with Gasteiger partial charge in [0.25, 0.3) is 0 Å². The normalized spacial score (nSPS) is 10.9. The van der Waals surface area contributed by atoms with Crippen molar-refractivity contribution >= 4 is 5.71 Å².